The fourth-order valence-electron chi connectivity index (χ4n) is 2.04. The molecule has 0 heterocycles. The highest BCUT2D eigenvalue weighted by Gasteiger charge is 2.22. The van der Waals surface area contributed by atoms with E-state index in [-0.39, 0.29) is 21.2 Å². The molecule has 26 heavy (non-hydrogen) atoms. The summed E-state index contributed by atoms with van der Waals surface area (Å²) >= 11 is 5.90. The highest BCUT2D eigenvalue weighted by atomic mass is 35.5. The molecule has 11 heteroatoms. The van der Waals surface area contributed by atoms with E-state index in [1.807, 2.05) is 0 Å². The number of anilines is 1. The van der Waals surface area contributed by atoms with Crippen LogP contribution >= 0.6 is 11.6 Å². The van der Waals surface area contributed by atoms with Gasteiger partial charge in [-0.15, -0.1) is 0 Å². The normalized spacial score (nSPS) is 12.0. The number of nitrogens with one attached hydrogen (secondary N) is 2. The first-order valence-corrected chi connectivity index (χ1v) is 10.4. The van der Waals surface area contributed by atoms with Gasteiger partial charge in [-0.3, -0.25) is 4.72 Å². The minimum absolute atomic E-state index is 0.0260. The Morgan fingerprint density at radius 1 is 1.04 bits per heavy atom. The Hall–Kier alpha value is -2.14. The second-order valence-corrected chi connectivity index (χ2v) is 9.18. The fourth-order valence-corrected chi connectivity index (χ4v) is 4.44. The lowest BCUT2D eigenvalue weighted by atomic mass is 10.2. The van der Waals surface area contributed by atoms with Crippen LogP contribution in [0.4, 0.5) is 5.69 Å². The zero-order valence-corrected chi connectivity index (χ0v) is 16.0. The molecule has 0 radical (unpaired) electrons. The molecule has 0 aliphatic rings. The van der Waals surface area contributed by atoms with Gasteiger partial charge in [0.2, 0.25) is 10.0 Å². The van der Waals surface area contributed by atoms with Crippen LogP contribution in [-0.4, -0.2) is 35.0 Å². The Balaban J connectivity index is 2.53. The van der Waals surface area contributed by atoms with E-state index in [0.717, 1.165) is 18.2 Å². The van der Waals surface area contributed by atoms with Gasteiger partial charge >= 0.3 is 5.97 Å². The van der Waals surface area contributed by atoms with Crippen molar-refractivity contribution < 1.29 is 26.7 Å². The first-order valence-electron chi connectivity index (χ1n) is 7.08. The van der Waals surface area contributed by atoms with E-state index < -0.39 is 30.9 Å². The number of hydrogen-bond acceptors (Lipinski definition) is 5. The number of carboxylic acids is 1. The summed E-state index contributed by atoms with van der Waals surface area (Å²) in [6, 6.07) is 7.20. The van der Waals surface area contributed by atoms with Crippen molar-refractivity contribution in [1.29, 1.82) is 0 Å². The maximum atomic E-state index is 12.6. The van der Waals surface area contributed by atoms with Crippen molar-refractivity contribution in [3.05, 3.63) is 52.5 Å². The summed E-state index contributed by atoms with van der Waals surface area (Å²) < 4.78 is 53.4. The average molecular weight is 419 g/mol. The lowest BCUT2D eigenvalue weighted by Crippen LogP contribution is -2.20. The molecule has 2 aromatic rings. The first kappa shape index (κ1) is 20.2. The van der Waals surface area contributed by atoms with Gasteiger partial charge in [-0.2, -0.15) is 0 Å². The highest BCUT2D eigenvalue weighted by Crippen LogP contribution is 2.27. The first-order chi connectivity index (χ1) is 12.0. The van der Waals surface area contributed by atoms with Gasteiger partial charge in [-0.25, -0.2) is 26.4 Å². The van der Waals surface area contributed by atoms with Crippen LogP contribution < -0.4 is 9.44 Å². The summed E-state index contributed by atoms with van der Waals surface area (Å²) in [5, 5.41) is 8.85. The van der Waals surface area contributed by atoms with E-state index in [2.05, 4.69) is 9.44 Å². The topological polar surface area (TPSA) is 130 Å². The number of aryl methyl sites for hydroxylation is 1. The number of benzene rings is 2. The molecule has 0 fully saturated rings. The van der Waals surface area contributed by atoms with Crippen molar-refractivity contribution in [3.63, 3.8) is 0 Å². The third-order valence-corrected chi connectivity index (χ3v) is 6.76. The molecule has 0 atom stereocenters. The molecule has 140 valence electrons. The van der Waals surface area contributed by atoms with Crippen molar-refractivity contribution in [2.75, 3.05) is 11.8 Å². The molecule has 0 bridgehead atoms. The van der Waals surface area contributed by atoms with Crippen LogP contribution in [-0.2, 0) is 20.0 Å². The Bertz CT molecular complexity index is 1080. The predicted molar refractivity (Wildman–Crippen MR) is 96.6 cm³/mol. The summed E-state index contributed by atoms with van der Waals surface area (Å²) in [4.78, 5) is 10.5. The molecular formula is C15H15ClN2O6S2. The molecule has 0 aliphatic carbocycles. The molecule has 0 saturated heterocycles. The maximum Gasteiger partial charge on any atom is 0.335 e. The number of rotatable bonds is 6. The van der Waals surface area contributed by atoms with Gasteiger partial charge in [-0.1, -0.05) is 17.7 Å². The number of sulfonamides is 2. The van der Waals surface area contributed by atoms with Gasteiger partial charge in [0, 0.05) is 0 Å². The summed E-state index contributed by atoms with van der Waals surface area (Å²) in [6.07, 6.45) is 0. The van der Waals surface area contributed by atoms with Gasteiger partial charge in [0.05, 0.1) is 21.2 Å². The summed E-state index contributed by atoms with van der Waals surface area (Å²) in [5.41, 5.74) is 0.241. The Morgan fingerprint density at radius 3 is 2.27 bits per heavy atom. The molecule has 0 aromatic heterocycles. The summed E-state index contributed by atoms with van der Waals surface area (Å²) in [5.74, 6) is -1.31. The molecule has 2 aromatic carbocycles. The van der Waals surface area contributed by atoms with E-state index in [4.69, 9.17) is 16.7 Å². The second-order valence-electron chi connectivity index (χ2n) is 5.24. The Kier molecular flexibility index (Phi) is 5.61. The number of hydrogen-bond donors (Lipinski definition) is 3. The van der Waals surface area contributed by atoms with E-state index in [1.54, 1.807) is 6.92 Å². The van der Waals surface area contributed by atoms with Crippen molar-refractivity contribution in [2.24, 2.45) is 0 Å². The molecule has 0 aliphatic heterocycles. The minimum Gasteiger partial charge on any atom is -0.478 e. The predicted octanol–water partition coefficient (Wildman–Crippen LogP) is 2.06. The smallest absolute Gasteiger partial charge is 0.335 e. The van der Waals surface area contributed by atoms with Crippen LogP contribution in [0.25, 0.3) is 0 Å². The third-order valence-electron chi connectivity index (χ3n) is 3.50. The van der Waals surface area contributed by atoms with Crippen LogP contribution in [0.3, 0.4) is 0 Å². The van der Waals surface area contributed by atoms with Crippen LogP contribution in [0.1, 0.15) is 15.9 Å². The summed E-state index contributed by atoms with van der Waals surface area (Å²) in [6.45, 7) is 1.59. The summed E-state index contributed by atoms with van der Waals surface area (Å²) in [7, 11) is -6.79. The van der Waals surface area contributed by atoms with Gasteiger partial charge in [-0.05, 0) is 49.9 Å². The lowest BCUT2D eigenvalue weighted by molar-refractivity contribution is 0.0696. The van der Waals surface area contributed by atoms with Gasteiger partial charge in [0.25, 0.3) is 10.0 Å². The van der Waals surface area contributed by atoms with Gasteiger partial charge in [0.15, 0.2) is 0 Å². The van der Waals surface area contributed by atoms with Crippen molar-refractivity contribution in [1.82, 2.24) is 4.72 Å². The van der Waals surface area contributed by atoms with E-state index in [0.29, 0.717) is 5.56 Å². The molecule has 8 nitrogen and oxygen atoms in total. The average Bonchev–Trinajstić information content (AvgIpc) is 2.56. The Labute approximate surface area is 155 Å². The molecule has 2 rings (SSSR count). The second kappa shape index (κ2) is 7.23. The monoisotopic (exact) mass is 418 g/mol. The number of aromatic carboxylic acids is 1. The van der Waals surface area contributed by atoms with E-state index in [9.17, 15) is 21.6 Å². The third kappa shape index (κ3) is 4.15. The number of carboxylic acid groups (broad SMARTS) is 1. The van der Waals surface area contributed by atoms with Gasteiger partial charge < -0.3 is 5.11 Å². The van der Waals surface area contributed by atoms with Crippen LogP contribution in [0, 0.1) is 6.92 Å². The van der Waals surface area contributed by atoms with Crippen LogP contribution in [0.5, 0.6) is 0 Å². The lowest BCUT2D eigenvalue weighted by Gasteiger charge is -2.13. The molecule has 0 amide bonds. The van der Waals surface area contributed by atoms with Gasteiger partial charge in [0.1, 0.15) is 4.90 Å². The maximum absolute atomic E-state index is 12.6. The molecule has 0 saturated carbocycles. The number of halogens is 1. The fraction of sp³-hybridized carbons (Fsp3) is 0.133. The van der Waals surface area contributed by atoms with Crippen LogP contribution in [0.2, 0.25) is 5.02 Å². The van der Waals surface area contributed by atoms with Crippen LogP contribution in [0.15, 0.2) is 46.2 Å². The largest absolute Gasteiger partial charge is 0.478 e. The quantitative estimate of drug-likeness (QED) is 0.658. The SMILES string of the molecule is CNS(=O)(=O)c1ccc(C)c(NS(=O)(=O)c2cc(C(=O)O)ccc2Cl)c1. The van der Waals surface area contributed by atoms with E-state index >= 15 is 0 Å². The standard InChI is InChI=1S/C15H15ClN2O6S2/c1-9-3-5-11(25(21,22)17-2)8-13(9)18-26(23,24)14-7-10(15(19)20)4-6-12(14)16/h3-8,17-18H,1-2H3,(H,19,20). The minimum atomic E-state index is -4.25. The number of carbonyl (C=O) groups is 1. The molecule has 3 N–H and O–H groups in total. The Morgan fingerprint density at radius 2 is 1.69 bits per heavy atom. The highest BCUT2D eigenvalue weighted by molar-refractivity contribution is 7.93. The zero-order valence-electron chi connectivity index (χ0n) is 13.6. The van der Waals surface area contributed by atoms with Crippen molar-refractivity contribution in [2.45, 2.75) is 16.7 Å². The van der Waals surface area contributed by atoms with Crippen molar-refractivity contribution >= 4 is 43.3 Å². The molecule has 0 unspecified atom stereocenters. The zero-order chi connectivity index (χ0) is 19.7. The van der Waals surface area contributed by atoms with E-state index in [1.165, 1.54) is 25.2 Å². The molecular weight excluding hydrogens is 404 g/mol. The van der Waals surface area contributed by atoms with Crippen molar-refractivity contribution in [3.8, 4) is 0 Å². The molecule has 0 spiro atoms.